The number of aryl methyl sites for hydroxylation is 2. The van der Waals surface area contributed by atoms with Crippen molar-refractivity contribution in [1.82, 2.24) is 19.4 Å². The van der Waals surface area contributed by atoms with E-state index in [4.69, 9.17) is 0 Å². The zero-order chi connectivity index (χ0) is 18.1. The number of aromatic nitrogens is 3. The standard InChI is InChI=1S/C21H20N4O/c1-15-9-10-16(13-19(15)25-11-5-6-12-25)21(26)22-14-20-23-17-7-3-4-8-18(17)24(20)2/h3-13H,14H2,1-2H3,(H,22,26). The first-order chi connectivity index (χ1) is 12.6. The summed E-state index contributed by atoms with van der Waals surface area (Å²) in [6, 6.07) is 17.6. The Kier molecular flexibility index (Phi) is 4.05. The molecule has 5 nitrogen and oxygen atoms in total. The van der Waals surface area contributed by atoms with E-state index in [0.717, 1.165) is 28.1 Å². The summed E-state index contributed by atoms with van der Waals surface area (Å²) in [7, 11) is 1.97. The van der Waals surface area contributed by atoms with Gasteiger partial charge in [-0.05, 0) is 48.9 Å². The molecule has 0 saturated heterocycles. The molecule has 2 aromatic heterocycles. The van der Waals surface area contributed by atoms with E-state index in [9.17, 15) is 4.79 Å². The van der Waals surface area contributed by atoms with Gasteiger partial charge in [0.05, 0.1) is 17.6 Å². The third-order valence-corrected chi connectivity index (χ3v) is 4.64. The number of carbonyl (C=O) groups is 1. The lowest BCUT2D eigenvalue weighted by Crippen LogP contribution is -2.24. The first kappa shape index (κ1) is 16.1. The van der Waals surface area contributed by atoms with Gasteiger partial charge in [0.1, 0.15) is 5.82 Å². The molecule has 4 rings (SSSR count). The predicted octanol–water partition coefficient (Wildman–Crippen LogP) is 3.60. The Balaban J connectivity index is 1.55. The number of para-hydroxylation sites is 2. The Labute approximate surface area is 151 Å². The van der Waals surface area contributed by atoms with Crippen molar-refractivity contribution in [3.63, 3.8) is 0 Å². The van der Waals surface area contributed by atoms with Crippen molar-refractivity contribution in [2.45, 2.75) is 13.5 Å². The second-order valence-corrected chi connectivity index (χ2v) is 6.35. The number of nitrogens with zero attached hydrogens (tertiary/aromatic N) is 3. The molecule has 5 heteroatoms. The normalized spacial score (nSPS) is 11.0. The molecule has 0 spiro atoms. The van der Waals surface area contributed by atoms with Gasteiger partial charge in [-0.1, -0.05) is 18.2 Å². The molecule has 4 aromatic rings. The van der Waals surface area contributed by atoms with Gasteiger partial charge in [-0.2, -0.15) is 0 Å². The second kappa shape index (κ2) is 6.52. The van der Waals surface area contributed by atoms with Gasteiger partial charge >= 0.3 is 0 Å². The van der Waals surface area contributed by atoms with Crippen LogP contribution >= 0.6 is 0 Å². The first-order valence-corrected chi connectivity index (χ1v) is 8.56. The number of imidazole rings is 1. The van der Waals surface area contributed by atoms with Gasteiger partial charge in [-0.3, -0.25) is 4.79 Å². The summed E-state index contributed by atoms with van der Waals surface area (Å²) >= 11 is 0. The summed E-state index contributed by atoms with van der Waals surface area (Å²) in [4.78, 5) is 17.2. The van der Waals surface area contributed by atoms with Crippen LogP contribution in [-0.2, 0) is 13.6 Å². The number of fused-ring (bicyclic) bond motifs is 1. The molecule has 1 amide bonds. The minimum atomic E-state index is -0.106. The molecule has 0 bridgehead atoms. The van der Waals surface area contributed by atoms with Crippen molar-refractivity contribution < 1.29 is 4.79 Å². The Morgan fingerprint density at radius 1 is 1.08 bits per heavy atom. The van der Waals surface area contributed by atoms with Crippen molar-refractivity contribution in [2.24, 2.45) is 7.05 Å². The molecule has 2 heterocycles. The number of hydrogen-bond acceptors (Lipinski definition) is 2. The van der Waals surface area contributed by atoms with Gasteiger partial charge in [0.15, 0.2) is 0 Å². The van der Waals surface area contributed by atoms with Crippen LogP contribution in [0, 0.1) is 6.92 Å². The highest BCUT2D eigenvalue weighted by atomic mass is 16.1. The molecule has 0 aliphatic carbocycles. The maximum absolute atomic E-state index is 12.6. The minimum absolute atomic E-state index is 0.106. The van der Waals surface area contributed by atoms with Crippen molar-refractivity contribution >= 4 is 16.9 Å². The van der Waals surface area contributed by atoms with Crippen molar-refractivity contribution in [2.75, 3.05) is 0 Å². The number of nitrogens with one attached hydrogen (secondary N) is 1. The Hall–Kier alpha value is -3.34. The van der Waals surface area contributed by atoms with E-state index in [1.807, 2.05) is 90.1 Å². The van der Waals surface area contributed by atoms with Crippen molar-refractivity contribution in [1.29, 1.82) is 0 Å². The van der Waals surface area contributed by atoms with Crippen molar-refractivity contribution in [3.8, 4) is 5.69 Å². The van der Waals surface area contributed by atoms with Crippen LogP contribution in [-0.4, -0.2) is 20.0 Å². The summed E-state index contributed by atoms with van der Waals surface area (Å²) in [5.74, 6) is 0.725. The number of amides is 1. The van der Waals surface area contributed by atoms with Crippen LogP contribution in [0.5, 0.6) is 0 Å². The van der Waals surface area contributed by atoms with Crippen LogP contribution in [0.2, 0.25) is 0 Å². The Morgan fingerprint density at radius 3 is 2.62 bits per heavy atom. The number of benzene rings is 2. The molecule has 0 atom stereocenters. The molecule has 2 aromatic carbocycles. The van der Waals surface area contributed by atoms with Crippen LogP contribution in [0.1, 0.15) is 21.7 Å². The fourth-order valence-corrected chi connectivity index (χ4v) is 3.14. The van der Waals surface area contributed by atoms with E-state index in [2.05, 4.69) is 10.3 Å². The molecular formula is C21H20N4O. The maximum Gasteiger partial charge on any atom is 0.251 e. The topological polar surface area (TPSA) is 51.9 Å². The van der Waals surface area contributed by atoms with E-state index in [-0.39, 0.29) is 5.91 Å². The van der Waals surface area contributed by atoms with Crippen LogP contribution in [0.3, 0.4) is 0 Å². The smallest absolute Gasteiger partial charge is 0.251 e. The molecule has 1 N–H and O–H groups in total. The van der Waals surface area contributed by atoms with Gasteiger partial charge in [-0.15, -0.1) is 0 Å². The Bertz CT molecular complexity index is 1080. The summed E-state index contributed by atoms with van der Waals surface area (Å²) < 4.78 is 4.02. The van der Waals surface area contributed by atoms with Crippen LogP contribution in [0.25, 0.3) is 16.7 Å². The van der Waals surface area contributed by atoms with Gasteiger partial charge in [0.25, 0.3) is 5.91 Å². The average molecular weight is 344 g/mol. The van der Waals surface area contributed by atoms with Gasteiger partial charge in [-0.25, -0.2) is 4.98 Å². The molecule has 0 unspecified atom stereocenters. The highest BCUT2D eigenvalue weighted by Gasteiger charge is 2.12. The minimum Gasteiger partial charge on any atom is -0.345 e. The summed E-state index contributed by atoms with van der Waals surface area (Å²) in [5, 5.41) is 2.98. The van der Waals surface area contributed by atoms with Gasteiger partial charge < -0.3 is 14.5 Å². The van der Waals surface area contributed by atoms with E-state index in [1.165, 1.54) is 0 Å². The van der Waals surface area contributed by atoms with Crippen LogP contribution in [0.4, 0.5) is 0 Å². The maximum atomic E-state index is 12.6. The highest BCUT2D eigenvalue weighted by molar-refractivity contribution is 5.94. The molecule has 0 radical (unpaired) electrons. The first-order valence-electron chi connectivity index (χ1n) is 8.56. The molecule has 0 fully saturated rings. The second-order valence-electron chi connectivity index (χ2n) is 6.35. The molecular weight excluding hydrogens is 324 g/mol. The fourth-order valence-electron chi connectivity index (χ4n) is 3.14. The fraction of sp³-hybridized carbons (Fsp3) is 0.143. The molecule has 130 valence electrons. The molecule has 26 heavy (non-hydrogen) atoms. The number of carbonyl (C=O) groups excluding carboxylic acids is 1. The molecule has 0 aliphatic rings. The predicted molar refractivity (Wildman–Crippen MR) is 102 cm³/mol. The van der Waals surface area contributed by atoms with E-state index in [0.29, 0.717) is 12.1 Å². The third-order valence-electron chi connectivity index (χ3n) is 4.64. The van der Waals surface area contributed by atoms with E-state index < -0.39 is 0 Å². The summed E-state index contributed by atoms with van der Waals surface area (Å²) in [6.07, 6.45) is 3.95. The average Bonchev–Trinajstić information content (AvgIpc) is 3.29. The van der Waals surface area contributed by atoms with Gasteiger partial charge in [0, 0.05) is 30.7 Å². The number of rotatable bonds is 4. The third kappa shape index (κ3) is 2.88. The lowest BCUT2D eigenvalue weighted by molar-refractivity contribution is 0.0949. The zero-order valence-corrected chi connectivity index (χ0v) is 14.8. The summed E-state index contributed by atoms with van der Waals surface area (Å²) in [6.45, 7) is 2.42. The lowest BCUT2D eigenvalue weighted by atomic mass is 10.1. The van der Waals surface area contributed by atoms with Gasteiger partial charge in [0.2, 0.25) is 0 Å². The largest absolute Gasteiger partial charge is 0.345 e. The van der Waals surface area contributed by atoms with Crippen molar-refractivity contribution in [3.05, 3.63) is 83.9 Å². The zero-order valence-electron chi connectivity index (χ0n) is 14.8. The Morgan fingerprint density at radius 2 is 1.85 bits per heavy atom. The quantitative estimate of drug-likeness (QED) is 0.615. The van der Waals surface area contributed by atoms with Crippen LogP contribution in [0.15, 0.2) is 67.0 Å². The monoisotopic (exact) mass is 344 g/mol. The van der Waals surface area contributed by atoms with E-state index in [1.54, 1.807) is 0 Å². The molecule has 0 saturated carbocycles. The summed E-state index contributed by atoms with van der Waals surface area (Å²) in [5.41, 5.74) is 4.75. The SMILES string of the molecule is Cc1ccc(C(=O)NCc2nc3ccccc3n2C)cc1-n1cccc1. The molecule has 0 aliphatic heterocycles. The van der Waals surface area contributed by atoms with E-state index >= 15 is 0 Å². The van der Waals surface area contributed by atoms with Crippen LogP contribution < -0.4 is 5.32 Å². The number of hydrogen-bond donors (Lipinski definition) is 1. The highest BCUT2D eigenvalue weighted by Crippen LogP contribution is 2.17. The lowest BCUT2D eigenvalue weighted by Gasteiger charge is -2.11.